The maximum atomic E-state index is 12.4. The molecule has 2 aromatic rings. The third kappa shape index (κ3) is 4.03. The minimum atomic E-state index is -2.73. The Morgan fingerprint density at radius 2 is 2.15 bits per heavy atom. The quantitative estimate of drug-likeness (QED) is 0.684. The first-order chi connectivity index (χ1) is 13.0. The van der Waals surface area contributed by atoms with Crippen molar-refractivity contribution in [1.29, 1.82) is 0 Å². The van der Waals surface area contributed by atoms with Crippen molar-refractivity contribution in [2.24, 2.45) is 11.8 Å². The highest BCUT2D eigenvalue weighted by Crippen LogP contribution is 2.36. The van der Waals surface area contributed by atoms with Gasteiger partial charge in [0.25, 0.3) is 0 Å². The zero-order valence-electron chi connectivity index (χ0n) is 15.1. The number of H-pyrrole nitrogens is 1. The molecule has 148 valence electrons. The second kappa shape index (κ2) is 7.86. The minimum Gasteiger partial charge on any atom is -0.598 e. The molecule has 0 bridgehead atoms. The average Bonchev–Trinajstić information content (AvgIpc) is 3.04. The molecule has 1 aliphatic heterocycles. The lowest BCUT2D eigenvalue weighted by atomic mass is 9.81. The van der Waals surface area contributed by atoms with Gasteiger partial charge in [-0.2, -0.15) is 8.78 Å². The van der Waals surface area contributed by atoms with Crippen molar-refractivity contribution in [3.63, 3.8) is 0 Å². The third-order valence-electron chi connectivity index (χ3n) is 5.47. The van der Waals surface area contributed by atoms with E-state index < -0.39 is 18.0 Å². The Labute approximate surface area is 159 Å². The SMILES string of the molecule is CN(c1ncnc2[nH]ccc12)[C@H]1C[C@@H](C[S+]([O-])N2CC(COC(F)F)C2)C1. The molecule has 27 heavy (non-hydrogen) atoms. The monoisotopic (exact) mass is 399 g/mol. The van der Waals surface area contributed by atoms with Crippen molar-refractivity contribution in [2.45, 2.75) is 25.5 Å². The molecule has 1 saturated carbocycles. The van der Waals surface area contributed by atoms with E-state index in [9.17, 15) is 13.3 Å². The summed E-state index contributed by atoms with van der Waals surface area (Å²) in [5, 5.41) is 1.00. The maximum absolute atomic E-state index is 12.4. The summed E-state index contributed by atoms with van der Waals surface area (Å²) >= 11 is -1.04. The van der Waals surface area contributed by atoms with Gasteiger partial charge in [0.15, 0.2) is 0 Å². The molecule has 1 saturated heterocycles. The summed E-state index contributed by atoms with van der Waals surface area (Å²) in [6.45, 7) is -1.55. The van der Waals surface area contributed by atoms with E-state index in [0.717, 1.165) is 29.7 Å². The molecule has 1 atom stereocenters. The van der Waals surface area contributed by atoms with Crippen LogP contribution in [0.1, 0.15) is 12.8 Å². The molecular formula is C17H23F2N5O2S. The fourth-order valence-corrected chi connectivity index (χ4v) is 5.42. The molecule has 0 amide bonds. The van der Waals surface area contributed by atoms with Crippen LogP contribution in [0.4, 0.5) is 14.6 Å². The molecule has 1 N–H and O–H groups in total. The minimum absolute atomic E-state index is 0.0359. The van der Waals surface area contributed by atoms with Crippen LogP contribution in [0.3, 0.4) is 0 Å². The molecule has 10 heteroatoms. The standard InChI is InChI=1S/C17H23F2N5O2S/c1-23(16-14-2-3-20-15(14)21-10-22-16)13-4-11(5-13)9-27(25)24-6-12(7-24)8-26-17(18)19/h2-3,10-13,17H,4-9H2,1H3,(H,20,21,22)/t11-,13+,27?. The number of fused-ring (bicyclic) bond motifs is 1. The van der Waals surface area contributed by atoms with Crippen LogP contribution in [0.2, 0.25) is 0 Å². The fraction of sp³-hybridized carbons (Fsp3) is 0.647. The Balaban J connectivity index is 1.21. The van der Waals surface area contributed by atoms with Gasteiger partial charge in [0, 0.05) is 42.5 Å². The first-order valence-electron chi connectivity index (χ1n) is 9.05. The number of aromatic nitrogens is 3. The third-order valence-corrected chi connectivity index (χ3v) is 7.10. The van der Waals surface area contributed by atoms with Gasteiger partial charge in [0.2, 0.25) is 0 Å². The highest BCUT2D eigenvalue weighted by Gasteiger charge is 2.41. The summed E-state index contributed by atoms with van der Waals surface area (Å²) in [6.07, 6.45) is 5.37. The van der Waals surface area contributed by atoms with Gasteiger partial charge >= 0.3 is 6.61 Å². The highest BCUT2D eigenvalue weighted by molar-refractivity contribution is 7.89. The van der Waals surface area contributed by atoms with Crippen LogP contribution in [0.5, 0.6) is 0 Å². The van der Waals surface area contributed by atoms with E-state index in [-0.39, 0.29) is 12.5 Å². The van der Waals surface area contributed by atoms with Crippen molar-refractivity contribution < 1.29 is 18.1 Å². The Morgan fingerprint density at radius 3 is 2.89 bits per heavy atom. The lowest BCUT2D eigenvalue weighted by Crippen LogP contribution is -2.54. The van der Waals surface area contributed by atoms with Crippen LogP contribution in [-0.4, -0.2) is 69.0 Å². The number of halogens is 2. The second-order valence-corrected chi connectivity index (χ2v) is 8.83. The van der Waals surface area contributed by atoms with Crippen molar-refractivity contribution in [2.75, 3.05) is 37.4 Å². The Hall–Kier alpha value is -1.49. The highest BCUT2D eigenvalue weighted by atomic mass is 32.2. The number of anilines is 1. The maximum Gasteiger partial charge on any atom is 0.345 e. The van der Waals surface area contributed by atoms with Gasteiger partial charge in [-0.3, -0.25) is 0 Å². The number of ether oxygens (including phenoxy) is 1. The average molecular weight is 399 g/mol. The van der Waals surface area contributed by atoms with E-state index in [1.165, 1.54) is 0 Å². The van der Waals surface area contributed by atoms with Crippen molar-refractivity contribution >= 4 is 28.2 Å². The summed E-state index contributed by atoms with van der Waals surface area (Å²) in [4.78, 5) is 13.9. The van der Waals surface area contributed by atoms with E-state index in [1.807, 2.05) is 23.6 Å². The molecular weight excluding hydrogens is 376 g/mol. The van der Waals surface area contributed by atoms with E-state index in [4.69, 9.17) is 0 Å². The van der Waals surface area contributed by atoms with Crippen molar-refractivity contribution in [1.82, 2.24) is 19.3 Å². The number of rotatable bonds is 8. The van der Waals surface area contributed by atoms with Crippen LogP contribution < -0.4 is 4.90 Å². The normalized spacial score (nSPS) is 24.8. The molecule has 2 fully saturated rings. The predicted molar refractivity (Wildman–Crippen MR) is 98.8 cm³/mol. The summed E-state index contributed by atoms with van der Waals surface area (Å²) in [7, 11) is 2.04. The Morgan fingerprint density at radius 1 is 1.37 bits per heavy atom. The molecule has 2 aliphatic rings. The summed E-state index contributed by atoms with van der Waals surface area (Å²) in [5.74, 6) is 2.02. The zero-order chi connectivity index (χ0) is 19.0. The van der Waals surface area contributed by atoms with E-state index in [0.29, 0.717) is 30.8 Å². The lowest BCUT2D eigenvalue weighted by Gasteiger charge is -2.44. The molecule has 1 unspecified atom stereocenters. The molecule has 0 spiro atoms. The van der Waals surface area contributed by atoms with Crippen molar-refractivity contribution in [3.05, 3.63) is 18.6 Å². The number of nitrogens with one attached hydrogen (secondary N) is 1. The Kier molecular flexibility index (Phi) is 5.49. The van der Waals surface area contributed by atoms with Gasteiger partial charge in [-0.05, 0) is 18.9 Å². The second-order valence-electron chi connectivity index (χ2n) is 7.33. The predicted octanol–water partition coefficient (Wildman–Crippen LogP) is 2.01. The van der Waals surface area contributed by atoms with Gasteiger partial charge < -0.3 is 19.2 Å². The summed E-state index contributed by atoms with van der Waals surface area (Å²) < 4.78 is 42.6. The van der Waals surface area contributed by atoms with Gasteiger partial charge in [0.05, 0.1) is 25.1 Å². The van der Waals surface area contributed by atoms with E-state index in [1.54, 1.807) is 6.33 Å². The first kappa shape index (κ1) is 18.9. The molecule has 0 aromatic carbocycles. The molecule has 3 heterocycles. The van der Waals surface area contributed by atoms with Gasteiger partial charge in [-0.25, -0.2) is 9.97 Å². The summed E-state index contributed by atoms with van der Waals surface area (Å²) in [5.41, 5.74) is 0.826. The number of alkyl halides is 2. The lowest BCUT2D eigenvalue weighted by molar-refractivity contribution is -0.145. The number of hydrogen-bond acceptors (Lipinski definition) is 6. The smallest absolute Gasteiger partial charge is 0.345 e. The number of aromatic amines is 1. The van der Waals surface area contributed by atoms with Crippen LogP contribution in [0.25, 0.3) is 11.0 Å². The van der Waals surface area contributed by atoms with Gasteiger partial charge in [-0.15, -0.1) is 4.31 Å². The number of nitrogens with zero attached hydrogens (tertiary/aromatic N) is 4. The molecule has 4 rings (SSSR count). The fourth-order valence-electron chi connectivity index (χ4n) is 3.78. The molecule has 2 aromatic heterocycles. The Bertz CT molecular complexity index is 767. The van der Waals surface area contributed by atoms with Crippen LogP contribution in [-0.2, 0) is 16.1 Å². The van der Waals surface area contributed by atoms with Crippen LogP contribution in [0, 0.1) is 11.8 Å². The van der Waals surface area contributed by atoms with Crippen molar-refractivity contribution in [3.8, 4) is 0 Å². The van der Waals surface area contributed by atoms with Crippen LogP contribution >= 0.6 is 0 Å². The largest absolute Gasteiger partial charge is 0.598 e. The topological polar surface area (TPSA) is 80.3 Å². The molecule has 7 nitrogen and oxygen atoms in total. The van der Waals surface area contributed by atoms with E-state index >= 15 is 0 Å². The zero-order valence-corrected chi connectivity index (χ0v) is 15.9. The van der Waals surface area contributed by atoms with E-state index in [2.05, 4.69) is 24.6 Å². The molecule has 1 aliphatic carbocycles. The summed E-state index contributed by atoms with van der Waals surface area (Å²) in [6, 6.07) is 2.35. The first-order valence-corrected chi connectivity index (χ1v) is 10.3. The van der Waals surface area contributed by atoms with Gasteiger partial charge in [0.1, 0.15) is 23.5 Å². The van der Waals surface area contributed by atoms with Gasteiger partial charge in [-0.1, -0.05) is 0 Å². The van der Waals surface area contributed by atoms with Crippen LogP contribution in [0.15, 0.2) is 18.6 Å². The molecule has 0 radical (unpaired) electrons. The number of hydrogen-bond donors (Lipinski definition) is 1.